The van der Waals surface area contributed by atoms with Gasteiger partial charge in [0.2, 0.25) is 0 Å². The maximum absolute atomic E-state index is 7.14. The molecule has 0 radical (unpaired) electrons. The largest absolute Gasteiger partial charge is 0.320 e. The fourth-order valence-electron chi connectivity index (χ4n) is 5.70. The molecule has 5 rings (SSSR count). The Kier molecular flexibility index (Phi) is 5.93. The number of rotatable bonds is 5. The van der Waals surface area contributed by atoms with Crippen molar-refractivity contribution < 1.29 is 0 Å². The zero-order chi connectivity index (χ0) is 21.1. The lowest BCUT2D eigenvalue weighted by atomic mass is 9.80. The Hall–Kier alpha value is -2.42. The van der Waals surface area contributed by atoms with Crippen molar-refractivity contribution in [2.24, 2.45) is 11.7 Å². The van der Waals surface area contributed by atoms with E-state index in [2.05, 4.69) is 83.8 Å². The highest BCUT2D eigenvalue weighted by molar-refractivity contribution is 5.84. The van der Waals surface area contributed by atoms with E-state index < -0.39 is 0 Å². The molecule has 3 aromatic rings. The molecule has 2 nitrogen and oxygen atoms in total. The minimum atomic E-state index is -0.268. The summed E-state index contributed by atoms with van der Waals surface area (Å²) in [5.74, 6) is 0.877. The molecule has 0 aromatic heterocycles. The molecule has 0 bridgehead atoms. The Morgan fingerprint density at radius 3 is 2.10 bits per heavy atom. The van der Waals surface area contributed by atoms with E-state index in [4.69, 9.17) is 5.73 Å². The maximum atomic E-state index is 7.14. The van der Waals surface area contributed by atoms with Crippen LogP contribution in [0.5, 0.6) is 0 Å². The zero-order valence-corrected chi connectivity index (χ0v) is 18.5. The Bertz CT molecular complexity index is 992. The average molecular weight is 411 g/mol. The topological polar surface area (TPSA) is 29.3 Å². The van der Waals surface area contributed by atoms with Crippen molar-refractivity contribution in [1.29, 1.82) is 0 Å². The Morgan fingerprint density at radius 2 is 1.42 bits per heavy atom. The van der Waals surface area contributed by atoms with Crippen LogP contribution < -0.4 is 5.73 Å². The summed E-state index contributed by atoms with van der Waals surface area (Å²) in [6, 6.07) is 28.4. The van der Waals surface area contributed by atoms with Gasteiger partial charge < -0.3 is 10.6 Å². The van der Waals surface area contributed by atoms with Crippen molar-refractivity contribution >= 4 is 0 Å². The third-order valence-corrected chi connectivity index (χ3v) is 7.36. The first kappa shape index (κ1) is 20.5. The van der Waals surface area contributed by atoms with Crippen molar-refractivity contribution in [3.63, 3.8) is 0 Å². The molecule has 1 atom stereocenters. The number of hydrogen-bond acceptors (Lipinski definition) is 2. The van der Waals surface area contributed by atoms with Gasteiger partial charge >= 0.3 is 0 Å². The number of nitrogens with zero attached hydrogens (tertiary/aromatic N) is 1. The van der Waals surface area contributed by atoms with Crippen LogP contribution in [0.25, 0.3) is 22.3 Å². The van der Waals surface area contributed by atoms with Crippen LogP contribution in [-0.2, 0) is 5.54 Å². The SMILES string of the molecule is N[C@]1(c2ccc(-c3ccccc3)c(-c3ccccc3)c2)CCCN(CC2CCCC2)C1. The van der Waals surface area contributed by atoms with E-state index in [0.29, 0.717) is 0 Å². The Morgan fingerprint density at radius 1 is 0.774 bits per heavy atom. The van der Waals surface area contributed by atoms with Gasteiger partial charge in [0.05, 0.1) is 5.54 Å². The van der Waals surface area contributed by atoms with Crippen molar-refractivity contribution in [2.45, 2.75) is 44.1 Å². The number of hydrogen-bond donors (Lipinski definition) is 1. The van der Waals surface area contributed by atoms with E-state index in [0.717, 1.165) is 18.9 Å². The minimum absolute atomic E-state index is 0.268. The summed E-state index contributed by atoms with van der Waals surface area (Å²) in [5.41, 5.74) is 13.2. The van der Waals surface area contributed by atoms with E-state index in [1.54, 1.807) is 0 Å². The maximum Gasteiger partial charge on any atom is 0.0539 e. The van der Waals surface area contributed by atoms with Gasteiger partial charge in [0.15, 0.2) is 0 Å². The molecule has 1 saturated carbocycles. The van der Waals surface area contributed by atoms with Gasteiger partial charge in [0.25, 0.3) is 0 Å². The number of nitrogens with two attached hydrogens (primary N) is 1. The lowest BCUT2D eigenvalue weighted by Crippen LogP contribution is -2.52. The van der Waals surface area contributed by atoms with Gasteiger partial charge in [-0.15, -0.1) is 0 Å². The highest BCUT2D eigenvalue weighted by Crippen LogP contribution is 2.38. The highest BCUT2D eigenvalue weighted by Gasteiger charge is 2.34. The molecule has 2 fully saturated rings. The van der Waals surface area contributed by atoms with Crippen molar-refractivity contribution in [3.8, 4) is 22.3 Å². The van der Waals surface area contributed by atoms with Gasteiger partial charge in [-0.1, -0.05) is 85.6 Å². The molecule has 1 saturated heterocycles. The summed E-state index contributed by atoms with van der Waals surface area (Å²) in [4.78, 5) is 2.65. The summed E-state index contributed by atoms with van der Waals surface area (Å²) in [7, 11) is 0. The molecule has 31 heavy (non-hydrogen) atoms. The summed E-state index contributed by atoms with van der Waals surface area (Å²) in [6.07, 6.45) is 7.87. The predicted octanol–water partition coefficient (Wildman–Crippen LogP) is 6.46. The lowest BCUT2D eigenvalue weighted by Gasteiger charge is -2.42. The molecule has 0 unspecified atom stereocenters. The van der Waals surface area contributed by atoms with Crippen LogP contribution in [-0.4, -0.2) is 24.5 Å². The van der Waals surface area contributed by atoms with E-state index in [1.807, 2.05) is 0 Å². The molecule has 1 aliphatic carbocycles. The minimum Gasteiger partial charge on any atom is -0.320 e. The standard InChI is InChI=1S/C29H34N2/c30-29(18-9-19-31(22-29)21-23-10-7-8-11-23)26-16-17-27(24-12-3-1-4-13-24)28(20-26)25-14-5-2-6-15-25/h1-6,12-17,20,23H,7-11,18-19,21-22,30H2/t29-/m1/s1. The molecule has 3 aromatic carbocycles. The quantitative estimate of drug-likeness (QED) is 0.523. The van der Waals surface area contributed by atoms with Crippen LogP contribution in [0, 0.1) is 5.92 Å². The normalized spacial score (nSPS) is 22.6. The van der Waals surface area contributed by atoms with Crippen LogP contribution in [0.4, 0.5) is 0 Å². The fraction of sp³-hybridized carbons (Fsp3) is 0.379. The van der Waals surface area contributed by atoms with Gasteiger partial charge in [0, 0.05) is 13.1 Å². The van der Waals surface area contributed by atoms with E-state index in [-0.39, 0.29) is 5.54 Å². The van der Waals surface area contributed by atoms with Crippen molar-refractivity contribution in [2.75, 3.05) is 19.6 Å². The van der Waals surface area contributed by atoms with E-state index >= 15 is 0 Å². The average Bonchev–Trinajstić information content (AvgIpc) is 3.33. The van der Waals surface area contributed by atoms with Crippen LogP contribution in [0.2, 0.25) is 0 Å². The molecule has 2 N–H and O–H groups in total. The molecule has 1 aliphatic heterocycles. The monoisotopic (exact) mass is 410 g/mol. The number of likely N-dealkylation sites (tertiary alicyclic amines) is 1. The van der Waals surface area contributed by atoms with E-state index in [1.165, 1.54) is 73.0 Å². The smallest absolute Gasteiger partial charge is 0.0539 e. The van der Waals surface area contributed by atoms with Gasteiger partial charge in [0.1, 0.15) is 0 Å². The predicted molar refractivity (Wildman–Crippen MR) is 131 cm³/mol. The van der Waals surface area contributed by atoms with Crippen LogP contribution >= 0.6 is 0 Å². The van der Waals surface area contributed by atoms with Gasteiger partial charge in [-0.05, 0) is 72.0 Å². The molecule has 160 valence electrons. The van der Waals surface area contributed by atoms with Gasteiger partial charge in [-0.2, -0.15) is 0 Å². The van der Waals surface area contributed by atoms with Gasteiger partial charge in [-0.3, -0.25) is 0 Å². The Balaban J connectivity index is 1.49. The van der Waals surface area contributed by atoms with E-state index in [9.17, 15) is 0 Å². The summed E-state index contributed by atoms with van der Waals surface area (Å²) >= 11 is 0. The number of benzene rings is 3. The summed E-state index contributed by atoms with van der Waals surface area (Å²) in [6.45, 7) is 3.40. The van der Waals surface area contributed by atoms with Crippen LogP contribution in [0.3, 0.4) is 0 Å². The second-order valence-corrected chi connectivity index (χ2v) is 9.64. The number of piperidine rings is 1. The first-order valence-corrected chi connectivity index (χ1v) is 12.0. The zero-order valence-electron chi connectivity index (χ0n) is 18.5. The summed E-state index contributed by atoms with van der Waals surface area (Å²) < 4.78 is 0. The molecule has 2 heteroatoms. The highest BCUT2D eigenvalue weighted by atomic mass is 15.2. The summed E-state index contributed by atoms with van der Waals surface area (Å²) in [5, 5.41) is 0. The second kappa shape index (κ2) is 8.98. The van der Waals surface area contributed by atoms with Crippen LogP contribution in [0.15, 0.2) is 78.9 Å². The first-order chi connectivity index (χ1) is 15.2. The van der Waals surface area contributed by atoms with Crippen molar-refractivity contribution in [3.05, 3.63) is 84.4 Å². The fourth-order valence-corrected chi connectivity index (χ4v) is 5.70. The molecule has 2 aliphatic rings. The second-order valence-electron chi connectivity index (χ2n) is 9.64. The van der Waals surface area contributed by atoms with Crippen LogP contribution in [0.1, 0.15) is 44.1 Å². The molecular weight excluding hydrogens is 376 g/mol. The molecular formula is C29H34N2. The van der Waals surface area contributed by atoms with Gasteiger partial charge in [-0.25, -0.2) is 0 Å². The Labute approximate surface area is 187 Å². The molecule has 1 heterocycles. The lowest BCUT2D eigenvalue weighted by molar-refractivity contribution is 0.130. The third kappa shape index (κ3) is 4.46. The molecule has 0 spiro atoms. The molecule has 0 amide bonds. The van der Waals surface area contributed by atoms with Crippen molar-refractivity contribution in [1.82, 2.24) is 4.90 Å². The first-order valence-electron chi connectivity index (χ1n) is 12.0. The third-order valence-electron chi connectivity index (χ3n) is 7.36.